The lowest BCUT2D eigenvalue weighted by atomic mass is 10.1. The summed E-state index contributed by atoms with van der Waals surface area (Å²) in [6.07, 6.45) is 1.20. The molecule has 1 rings (SSSR count). The minimum atomic E-state index is 0.653. The van der Waals surface area contributed by atoms with Crippen LogP contribution >= 0.6 is 12.2 Å². The SMILES string of the molecule is CCNC(=S)N1CCN(C)C(CC)C1. The first-order chi connectivity index (χ1) is 6.69. The highest BCUT2D eigenvalue weighted by molar-refractivity contribution is 7.80. The van der Waals surface area contributed by atoms with Gasteiger partial charge in [0.25, 0.3) is 0 Å². The molecule has 0 aromatic carbocycles. The van der Waals surface area contributed by atoms with Crippen LogP contribution in [-0.2, 0) is 0 Å². The summed E-state index contributed by atoms with van der Waals surface area (Å²) in [4.78, 5) is 4.71. The van der Waals surface area contributed by atoms with Crippen LogP contribution in [0.25, 0.3) is 0 Å². The Balaban J connectivity index is 2.45. The van der Waals surface area contributed by atoms with Crippen LogP contribution in [0.2, 0.25) is 0 Å². The van der Waals surface area contributed by atoms with Gasteiger partial charge in [-0.1, -0.05) is 6.92 Å². The highest BCUT2D eigenvalue weighted by atomic mass is 32.1. The quantitative estimate of drug-likeness (QED) is 0.690. The van der Waals surface area contributed by atoms with Gasteiger partial charge in [-0.05, 0) is 32.6 Å². The van der Waals surface area contributed by atoms with E-state index in [9.17, 15) is 0 Å². The molecular formula is C10H21N3S. The lowest BCUT2D eigenvalue weighted by molar-refractivity contribution is 0.137. The lowest BCUT2D eigenvalue weighted by Gasteiger charge is -2.40. The Morgan fingerprint density at radius 2 is 2.14 bits per heavy atom. The fraction of sp³-hybridized carbons (Fsp3) is 0.900. The number of hydrogen-bond donors (Lipinski definition) is 1. The standard InChI is InChI=1S/C10H21N3S/c1-4-9-8-13(7-6-12(9)3)10(14)11-5-2/h9H,4-8H2,1-3H3,(H,11,14). The van der Waals surface area contributed by atoms with Crippen LogP contribution in [0, 0.1) is 0 Å². The molecule has 1 saturated heterocycles. The minimum Gasteiger partial charge on any atom is -0.363 e. The van der Waals surface area contributed by atoms with Gasteiger partial charge in [-0.2, -0.15) is 0 Å². The predicted molar refractivity (Wildman–Crippen MR) is 64.6 cm³/mol. The zero-order chi connectivity index (χ0) is 10.6. The van der Waals surface area contributed by atoms with Crippen molar-refractivity contribution in [3.05, 3.63) is 0 Å². The molecule has 0 saturated carbocycles. The third-order valence-electron chi connectivity index (χ3n) is 2.86. The molecular weight excluding hydrogens is 194 g/mol. The van der Waals surface area contributed by atoms with Crippen molar-refractivity contribution in [2.45, 2.75) is 26.3 Å². The van der Waals surface area contributed by atoms with Crippen LogP contribution in [0.1, 0.15) is 20.3 Å². The van der Waals surface area contributed by atoms with Crippen molar-refractivity contribution in [1.82, 2.24) is 15.1 Å². The first-order valence-corrected chi connectivity index (χ1v) is 5.82. The van der Waals surface area contributed by atoms with Crippen molar-refractivity contribution < 1.29 is 0 Å². The second-order valence-corrected chi connectivity index (χ2v) is 4.21. The van der Waals surface area contributed by atoms with Gasteiger partial charge in [0, 0.05) is 32.2 Å². The summed E-state index contributed by atoms with van der Waals surface area (Å²) in [7, 11) is 2.20. The van der Waals surface area contributed by atoms with Crippen molar-refractivity contribution in [2.24, 2.45) is 0 Å². The molecule has 1 atom stereocenters. The molecule has 0 bridgehead atoms. The Morgan fingerprint density at radius 1 is 1.43 bits per heavy atom. The van der Waals surface area contributed by atoms with Crippen LogP contribution in [0.5, 0.6) is 0 Å². The number of hydrogen-bond acceptors (Lipinski definition) is 2. The highest BCUT2D eigenvalue weighted by Crippen LogP contribution is 2.10. The van der Waals surface area contributed by atoms with Gasteiger partial charge in [-0.3, -0.25) is 4.90 Å². The van der Waals surface area contributed by atoms with Gasteiger partial charge in [0.2, 0.25) is 0 Å². The molecule has 14 heavy (non-hydrogen) atoms. The topological polar surface area (TPSA) is 18.5 Å². The average Bonchev–Trinajstić information content (AvgIpc) is 2.19. The van der Waals surface area contributed by atoms with Gasteiger partial charge in [0.1, 0.15) is 0 Å². The van der Waals surface area contributed by atoms with E-state index in [1.54, 1.807) is 0 Å². The molecule has 1 heterocycles. The molecule has 0 amide bonds. The fourth-order valence-electron chi connectivity index (χ4n) is 1.83. The molecule has 0 spiro atoms. The number of piperazine rings is 1. The first kappa shape index (κ1) is 11.7. The van der Waals surface area contributed by atoms with Gasteiger partial charge in [0.15, 0.2) is 5.11 Å². The van der Waals surface area contributed by atoms with Crippen molar-refractivity contribution in [3.63, 3.8) is 0 Å². The molecule has 3 nitrogen and oxygen atoms in total. The maximum Gasteiger partial charge on any atom is 0.169 e. The smallest absolute Gasteiger partial charge is 0.169 e. The fourth-order valence-corrected chi connectivity index (χ4v) is 2.14. The predicted octanol–water partition coefficient (Wildman–Crippen LogP) is 0.907. The second-order valence-electron chi connectivity index (χ2n) is 3.82. The molecule has 0 aromatic heterocycles. The van der Waals surface area contributed by atoms with E-state index >= 15 is 0 Å². The molecule has 1 aliphatic rings. The number of rotatable bonds is 2. The second kappa shape index (κ2) is 5.51. The zero-order valence-corrected chi connectivity index (χ0v) is 10.2. The van der Waals surface area contributed by atoms with Gasteiger partial charge in [0.05, 0.1) is 0 Å². The van der Waals surface area contributed by atoms with Crippen LogP contribution in [0.3, 0.4) is 0 Å². The van der Waals surface area contributed by atoms with Crippen molar-refractivity contribution in [1.29, 1.82) is 0 Å². The van der Waals surface area contributed by atoms with E-state index in [2.05, 4.69) is 36.0 Å². The van der Waals surface area contributed by atoms with E-state index in [4.69, 9.17) is 12.2 Å². The van der Waals surface area contributed by atoms with Crippen LogP contribution in [0.4, 0.5) is 0 Å². The molecule has 1 unspecified atom stereocenters. The first-order valence-electron chi connectivity index (χ1n) is 5.42. The highest BCUT2D eigenvalue weighted by Gasteiger charge is 2.23. The Morgan fingerprint density at radius 3 is 2.71 bits per heavy atom. The molecule has 0 aliphatic carbocycles. The third kappa shape index (κ3) is 2.82. The summed E-state index contributed by atoms with van der Waals surface area (Å²) >= 11 is 5.31. The van der Waals surface area contributed by atoms with Gasteiger partial charge in [-0.15, -0.1) is 0 Å². The summed E-state index contributed by atoms with van der Waals surface area (Å²) in [6, 6.07) is 0.653. The van der Waals surface area contributed by atoms with E-state index in [1.807, 2.05) is 0 Å². The number of likely N-dealkylation sites (N-methyl/N-ethyl adjacent to an activating group) is 1. The Kier molecular flexibility index (Phi) is 4.62. The molecule has 0 aromatic rings. The van der Waals surface area contributed by atoms with Crippen LogP contribution < -0.4 is 5.32 Å². The number of nitrogens with one attached hydrogen (secondary N) is 1. The monoisotopic (exact) mass is 215 g/mol. The van der Waals surface area contributed by atoms with Gasteiger partial charge < -0.3 is 10.2 Å². The van der Waals surface area contributed by atoms with E-state index in [1.165, 1.54) is 6.42 Å². The van der Waals surface area contributed by atoms with Gasteiger partial charge >= 0.3 is 0 Å². The largest absolute Gasteiger partial charge is 0.363 e. The number of nitrogens with zero attached hydrogens (tertiary/aromatic N) is 2. The molecule has 1 aliphatic heterocycles. The number of thiocarbonyl (C=S) groups is 1. The lowest BCUT2D eigenvalue weighted by Crippen LogP contribution is -2.55. The third-order valence-corrected chi connectivity index (χ3v) is 3.27. The molecule has 82 valence electrons. The van der Waals surface area contributed by atoms with Crippen molar-refractivity contribution >= 4 is 17.3 Å². The molecule has 0 radical (unpaired) electrons. The Bertz CT molecular complexity index is 196. The molecule has 1 N–H and O–H groups in total. The summed E-state index contributed by atoms with van der Waals surface area (Å²) in [6.45, 7) is 8.48. The van der Waals surface area contributed by atoms with Crippen molar-refractivity contribution in [2.75, 3.05) is 33.2 Å². The molecule has 4 heteroatoms. The summed E-state index contributed by atoms with van der Waals surface area (Å²) in [5.74, 6) is 0. The van der Waals surface area contributed by atoms with Crippen LogP contribution in [-0.4, -0.2) is 54.2 Å². The Hall–Kier alpha value is -0.350. The summed E-state index contributed by atoms with van der Waals surface area (Å²) in [5.41, 5.74) is 0. The average molecular weight is 215 g/mol. The Labute approximate surface area is 92.4 Å². The van der Waals surface area contributed by atoms with Gasteiger partial charge in [-0.25, -0.2) is 0 Å². The van der Waals surface area contributed by atoms with Crippen LogP contribution in [0.15, 0.2) is 0 Å². The maximum atomic E-state index is 5.31. The van der Waals surface area contributed by atoms with E-state index < -0.39 is 0 Å². The van der Waals surface area contributed by atoms with E-state index in [-0.39, 0.29) is 0 Å². The normalized spacial score (nSPS) is 23.6. The van der Waals surface area contributed by atoms with E-state index in [0.717, 1.165) is 31.3 Å². The molecule has 1 fully saturated rings. The maximum absolute atomic E-state index is 5.31. The zero-order valence-electron chi connectivity index (χ0n) is 9.42. The van der Waals surface area contributed by atoms with E-state index in [0.29, 0.717) is 6.04 Å². The summed E-state index contributed by atoms with van der Waals surface area (Å²) in [5, 5.41) is 4.13. The summed E-state index contributed by atoms with van der Waals surface area (Å²) < 4.78 is 0. The minimum absolute atomic E-state index is 0.653. The van der Waals surface area contributed by atoms with Crippen molar-refractivity contribution in [3.8, 4) is 0 Å².